The molecule has 1 heterocycles. The third kappa shape index (κ3) is 1.20. The molecule has 0 saturated carbocycles. The molecule has 1 rings (SSSR count). The molecule has 52 valence electrons. The lowest BCUT2D eigenvalue weighted by atomic mass is 10.4. The van der Waals surface area contributed by atoms with Crippen LogP contribution in [0.15, 0.2) is 0 Å². The van der Waals surface area contributed by atoms with Crippen LogP contribution in [0.25, 0.3) is 0 Å². The molecule has 1 aliphatic rings. The summed E-state index contributed by atoms with van der Waals surface area (Å²) in [6.45, 7) is 0.469. The second kappa shape index (κ2) is 2.33. The average Bonchev–Trinajstić information content (AvgIpc) is 2.13. The number of carbonyl (C=O) groups excluding carboxylic acids is 1. The Balaban J connectivity index is 2.49. The highest BCUT2D eigenvalue weighted by Gasteiger charge is 2.24. The lowest BCUT2D eigenvalue weighted by molar-refractivity contribution is -0.169. The van der Waals surface area contributed by atoms with Crippen LogP contribution < -0.4 is 0 Å². The fourth-order valence-corrected chi connectivity index (χ4v) is 0.913. The molecule has 0 bridgehead atoms. The highest BCUT2D eigenvalue weighted by Crippen LogP contribution is 2.10. The van der Waals surface area contributed by atoms with Gasteiger partial charge in [0.1, 0.15) is 0 Å². The minimum Gasteiger partial charge on any atom is -0.351 e. The van der Waals surface area contributed by atoms with E-state index < -0.39 is 6.41 Å². The molecule has 0 atom stereocenters. The van der Waals surface area contributed by atoms with Gasteiger partial charge in [0.05, 0.1) is 0 Å². The molecule has 0 aromatic heterocycles. The van der Waals surface area contributed by atoms with Crippen molar-refractivity contribution in [2.75, 3.05) is 6.54 Å². The van der Waals surface area contributed by atoms with Crippen molar-refractivity contribution in [2.45, 2.75) is 19.3 Å². The molecule has 1 saturated heterocycles. The van der Waals surface area contributed by atoms with Crippen molar-refractivity contribution in [1.82, 2.24) is 4.90 Å². The van der Waals surface area contributed by atoms with Crippen LogP contribution in [0.2, 0.25) is 0 Å². The van der Waals surface area contributed by atoms with Crippen molar-refractivity contribution in [1.29, 1.82) is 0 Å². The summed E-state index contributed by atoms with van der Waals surface area (Å²) in [4.78, 5) is 11.7. The van der Waals surface area contributed by atoms with Gasteiger partial charge in [0, 0.05) is 13.0 Å². The fraction of sp³-hybridized carbons (Fsp3) is 0.800. The lowest BCUT2D eigenvalue weighted by Gasteiger charge is -2.16. The van der Waals surface area contributed by atoms with Gasteiger partial charge in [-0.25, -0.2) is 0 Å². The Morgan fingerprint density at radius 3 is 2.44 bits per heavy atom. The molecule has 0 spiro atoms. The van der Waals surface area contributed by atoms with Crippen molar-refractivity contribution in [3.8, 4) is 0 Å². The number of amides is 1. The number of likely N-dealkylation sites (tertiary alicyclic amines) is 1. The minimum absolute atomic E-state index is 0.176. The van der Waals surface area contributed by atoms with Crippen LogP contribution in [0.4, 0.5) is 0 Å². The fourth-order valence-electron chi connectivity index (χ4n) is 0.913. The van der Waals surface area contributed by atoms with E-state index in [4.69, 9.17) is 10.2 Å². The maximum absolute atomic E-state index is 10.6. The van der Waals surface area contributed by atoms with Crippen LogP contribution in [0.5, 0.6) is 0 Å². The first-order chi connectivity index (χ1) is 4.22. The summed E-state index contributed by atoms with van der Waals surface area (Å²) in [6.07, 6.45) is -0.423. The van der Waals surface area contributed by atoms with Crippen molar-refractivity contribution in [2.24, 2.45) is 0 Å². The molecule has 2 N–H and O–H groups in total. The molecule has 0 radical (unpaired) electrons. The van der Waals surface area contributed by atoms with Crippen LogP contribution in [0.1, 0.15) is 12.8 Å². The van der Waals surface area contributed by atoms with Gasteiger partial charge < -0.3 is 10.2 Å². The first-order valence-electron chi connectivity index (χ1n) is 2.87. The number of hydrogen-bond acceptors (Lipinski definition) is 3. The zero-order chi connectivity index (χ0) is 6.85. The second-order valence-corrected chi connectivity index (χ2v) is 2.04. The molecule has 1 fully saturated rings. The molecule has 0 aliphatic carbocycles. The van der Waals surface area contributed by atoms with Gasteiger partial charge in [0.15, 0.2) is 0 Å². The van der Waals surface area contributed by atoms with Gasteiger partial charge in [-0.1, -0.05) is 0 Å². The van der Waals surface area contributed by atoms with Gasteiger partial charge in [-0.3, -0.25) is 9.69 Å². The summed E-state index contributed by atoms with van der Waals surface area (Å²) < 4.78 is 0. The third-order valence-electron chi connectivity index (χ3n) is 1.39. The topological polar surface area (TPSA) is 60.8 Å². The lowest BCUT2D eigenvalue weighted by Crippen LogP contribution is -2.35. The molecule has 1 aliphatic heterocycles. The van der Waals surface area contributed by atoms with Crippen molar-refractivity contribution in [3.05, 3.63) is 0 Å². The van der Waals surface area contributed by atoms with E-state index in [2.05, 4.69) is 0 Å². The normalized spacial score (nSPS) is 19.9. The van der Waals surface area contributed by atoms with Gasteiger partial charge in [-0.15, -0.1) is 0 Å². The number of aliphatic hydroxyl groups excluding tert-OH is 1. The van der Waals surface area contributed by atoms with Crippen molar-refractivity contribution in [3.63, 3.8) is 0 Å². The first kappa shape index (κ1) is 6.51. The number of carbonyl (C=O) groups is 1. The van der Waals surface area contributed by atoms with Gasteiger partial charge in [-0.05, 0) is 6.42 Å². The van der Waals surface area contributed by atoms with Gasteiger partial charge in [0.2, 0.25) is 12.3 Å². The Kier molecular flexibility index (Phi) is 1.68. The maximum atomic E-state index is 10.6. The van der Waals surface area contributed by atoms with Crippen LogP contribution in [0.3, 0.4) is 0 Å². The molecular weight excluding hydrogens is 122 g/mol. The molecule has 0 aromatic rings. The summed E-state index contributed by atoms with van der Waals surface area (Å²) in [5.74, 6) is -0.176. The molecule has 1 amide bonds. The predicted molar refractivity (Wildman–Crippen MR) is 29.2 cm³/mol. The summed E-state index contributed by atoms with van der Waals surface area (Å²) in [5, 5.41) is 17.0. The van der Waals surface area contributed by atoms with E-state index in [1.165, 1.54) is 0 Å². The molecule has 4 nitrogen and oxygen atoms in total. The predicted octanol–water partition coefficient (Wildman–Crippen LogP) is -1.12. The van der Waals surface area contributed by atoms with Crippen LogP contribution in [0, 0.1) is 0 Å². The standard InChI is InChI=1S/C5H9NO3/c7-4-2-1-3-6(4)5(8)9/h5,8-9H,1-3H2. The number of nitrogens with zero attached hydrogens (tertiary/aromatic N) is 1. The van der Waals surface area contributed by atoms with Gasteiger partial charge in [0.25, 0.3) is 0 Å². The van der Waals surface area contributed by atoms with E-state index in [9.17, 15) is 4.79 Å². The van der Waals surface area contributed by atoms with E-state index in [0.29, 0.717) is 13.0 Å². The smallest absolute Gasteiger partial charge is 0.237 e. The maximum Gasteiger partial charge on any atom is 0.237 e. The quantitative estimate of drug-likeness (QED) is 0.443. The van der Waals surface area contributed by atoms with Crippen molar-refractivity contribution >= 4 is 5.91 Å². The first-order valence-corrected chi connectivity index (χ1v) is 2.87. The average molecular weight is 131 g/mol. The third-order valence-corrected chi connectivity index (χ3v) is 1.39. The van der Waals surface area contributed by atoms with E-state index in [1.54, 1.807) is 0 Å². The van der Waals surface area contributed by atoms with Crippen molar-refractivity contribution < 1.29 is 15.0 Å². The second-order valence-electron chi connectivity index (χ2n) is 2.04. The van der Waals surface area contributed by atoms with E-state index in [-0.39, 0.29) is 5.91 Å². The van der Waals surface area contributed by atoms with Gasteiger partial charge >= 0.3 is 0 Å². The molecular formula is C5H9NO3. The summed E-state index contributed by atoms with van der Waals surface area (Å²) in [7, 11) is 0. The monoisotopic (exact) mass is 131 g/mol. The van der Waals surface area contributed by atoms with Crippen LogP contribution >= 0.6 is 0 Å². The zero-order valence-corrected chi connectivity index (χ0v) is 4.95. The molecule has 0 aromatic carbocycles. The molecule has 9 heavy (non-hydrogen) atoms. The van der Waals surface area contributed by atoms with Crippen LogP contribution in [-0.2, 0) is 4.79 Å². The van der Waals surface area contributed by atoms with Crippen LogP contribution in [-0.4, -0.2) is 34.0 Å². The SMILES string of the molecule is O=C1CCCN1C(O)O. The molecule has 0 unspecified atom stereocenters. The Labute approximate surface area is 52.7 Å². The summed E-state index contributed by atoms with van der Waals surface area (Å²) >= 11 is 0. The Hall–Kier alpha value is -0.610. The van der Waals surface area contributed by atoms with E-state index >= 15 is 0 Å². The highest BCUT2D eigenvalue weighted by molar-refractivity contribution is 5.78. The Bertz CT molecular complexity index is 123. The minimum atomic E-state index is -1.60. The summed E-state index contributed by atoms with van der Waals surface area (Å²) in [5.41, 5.74) is 0. The number of aliphatic hydroxyl groups is 2. The largest absolute Gasteiger partial charge is 0.351 e. The number of hydrogen-bond donors (Lipinski definition) is 2. The Morgan fingerprint density at radius 2 is 2.22 bits per heavy atom. The molecule has 4 heteroatoms. The number of rotatable bonds is 1. The summed E-state index contributed by atoms with van der Waals surface area (Å²) in [6, 6.07) is 0. The Morgan fingerprint density at radius 1 is 1.56 bits per heavy atom. The van der Waals surface area contributed by atoms with E-state index in [1.807, 2.05) is 0 Å². The van der Waals surface area contributed by atoms with Gasteiger partial charge in [-0.2, -0.15) is 0 Å². The van der Waals surface area contributed by atoms with E-state index in [0.717, 1.165) is 11.3 Å². The zero-order valence-electron chi connectivity index (χ0n) is 4.95. The highest BCUT2D eigenvalue weighted by atomic mass is 16.5.